The van der Waals surface area contributed by atoms with Gasteiger partial charge in [-0.25, -0.2) is 4.79 Å². The highest BCUT2D eigenvalue weighted by atomic mass is 16.5. The number of benzene rings is 1. The molecule has 0 amide bonds. The molecule has 19 heavy (non-hydrogen) atoms. The average Bonchev–Trinajstić information content (AvgIpc) is 2.43. The van der Waals surface area contributed by atoms with E-state index in [0.717, 1.165) is 11.3 Å². The van der Waals surface area contributed by atoms with Gasteiger partial charge in [-0.15, -0.1) is 0 Å². The van der Waals surface area contributed by atoms with Crippen LogP contribution in [0, 0.1) is 0 Å². The fraction of sp³-hybridized carbons (Fsp3) is 0.533. The Labute approximate surface area is 115 Å². The number of likely N-dealkylation sites (N-methyl/N-ethyl adjacent to an activating group) is 1. The highest BCUT2D eigenvalue weighted by Gasteiger charge is 2.33. The summed E-state index contributed by atoms with van der Waals surface area (Å²) in [5, 5.41) is 2.95. The lowest BCUT2D eigenvalue weighted by atomic mass is 10.0. The Bertz CT molecular complexity index is 431. The first kappa shape index (κ1) is 15.5. The SMILES string of the molecule is CNC(C)(COc1ccccc1C(C)C)C(=O)OC. The van der Waals surface area contributed by atoms with E-state index in [0.29, 0.717) is 5.92 Å². The van der Waals surface area contributed by atoms with Crippen molar-refractivity contribution in [2.45, 2.75) is 32.2 Å². The molecule has 0 heterocycles. The Morgan fingerprint density at radius 2 is 2.00 bits per heavy atom. The average molecular weight is 265 g/mol. The summed E-state index contributed by atoms with van der Waals surface area (Å²) in [5.41, 5.74) is 0.282. The van der Waals surface area contributed by atoms with Crippen LogP contribution in [0.15, 0.2) is 24.3 Å². The summed E-state index contributed by atoms with van der Waals surface area (Å²) in [6.45, 7) is 6.20. The monoisotopic (exact) mass is 265 g/mol. The molecule has 0 aliphatic carbocycles. The molecule has 0 spiro atoms. The zero-order valence-corrected chi connectivity index (χ0v) is 12.3. The third kappa shape index (κ3) is 3.70. The van der Waals surface area contributed by atoms with Crippen LogP contribution < -0.4 is 10.1 Å². The summed E-state index contributed by atoms with van der Waals surface area (Å²) in [6.07, 6.45) is 0. The number of carbonyl (C=O) groups is 1. The summed E-state index contributed by atoms with van der Waals surface area (Å²) in [5.74, 6) is 0.843. The predicted octanol–water partition coefficient (Wildman–Crippen LogP) is 2.34. The second kappa shape index (κ2) is 6.57. The van der Waals surface area contributed by atoms with E-state index in [1.807, 2.05) is 24.3 Å². The van der Waals surface area contributed by atoms with E-state index < -0.39 is 5.54 Å². The molecule has 0 aliphatic rings. The molecule has 0 radical (unpaired) electrons. The molecular formula is C15H23NO3. The minimum absolute atomic E-state index is 0.222. The molecule has 1 aromatic carbocycles. The first-order chi connectivity index (χ1) is 8.94. The Morgan fingerprint density at radius 3 is 2.53 bits per heavy atom. The van der Waals surface area contributed by atoms with Crippen molar-refractivity contribution in [3.8, 4) is 5.75 Å². The highest BCUT2D eigenvalue weighted by molar-refractivity contribution is 5.80. The molecule has 0 aromatic heterocycles. The predicted molar refractivity (Wildman–Crippen MR) is 75.5 cm³/mol. The maximum absolute atomic E-state index is 11.7. The molecule has 1 atom stereocenters. The zero-order valence-electron chi connectivity index (χ0n) is 12.3. The largest absolute Gasteiger partial charge is 0.491 e. The molecule has 4 heteroatoms. The van der Waals surface area contributed by atoms with Crippen molar-refractivity contribution in [3.05, 3.63) is 29.8 Å². The van der Waals surface area contributed by atoms with Crippen LogP contribution in [-0.2, 0) is 9.53 Å². The van der Waals surface area contributed by atoms with E-state index in [1.54, 1.807) is 14.0 Å². The highest BCUT2D eigenvalue weighted by Crippen LogP contribution is 2.26. The van der Waals surface area contributed by atoms with Crippen LogP contribution in [0.1, 0.15) is 32.3 Å². The normalized spacial score (nSPS) is 14.0. The van der Waals surface area contributed by atoms with Gasteiger partial charge < -0.3 is 14.8 Å². The Hall–Kier alpha value is -1.55. The topological polar surface area (TPSA) is 47.6 Å². The number of para-hydroxylation sites is 1. The fourth-order valence-corrected chi connectivity index (χ4v) is 1.77. The minimum Gasteiger partial charge on any atom is -0.491 e. The van der Waals surface area contributed by atoms with Gasteiger partial charge in [-0.05, 0) is 31.5 Å². The van der Waals surface area contributed by atoms with Crippen LogP contribution in [0.4, 0.5) is 0 Å². The molecule has 0 aliphatic heterocycles. The summed E-state index contributed by atoms with van der Waals surface area (Å²) < 4.78 is 10.6. The van der Waals surface area contributed by atoms with Gasteiger partial charge in [0.2, 0.25) is 0 Å². The Balaban J connectivity index is 2.84. The van der Waals surface area contributed by atoms with E-state index in [9.17, 15) is 4.79 Å². The summed E-state index contributed by atoms with van der Waals surface area (Å²) in [4.78, 5) is 11.7. The van der Waals surface area contributed by atoms with Crippen molar-refractivity contribution in [1.29, 1.82) is 0 Å². The van der Waals surface area contributed by atoms with Crippen molar-refractivity contribution in [2.24, 2.45) is 0 Å². The van der Waals surface area contributed by atoms with Crippen molar-refractivity contribution >= 4 is 5.97 Å². The van der Waals surface area contributed by atoms with Gasteiger partial charge in [-0.2, -0.15) is 0 Å². The van der Waals surface area contributed by atoms with Gasteiger partial charge in [0.1, 0.15) is 17.9 Å². The number of hydrogen-bond acceptors (Lipinski definition) is 4. The van der Waals surface area contributed by atoms with Crippen LogP contribution >= 0.6 is 0 Å². The number of ether oxygens (including phenoxy) is 2. The van der Waals surface area contributed by atoms with E-state index in [4.69, 9.17) is 9.47 Å². The zero-order chi connectivity index (χ0) is 14.5. The lowest BCUT2D eigenvalue weighted by Gasteiger charge is -2.26. The van der Waals surface area contributed by atoms with Gasteiger partial charge >= 0.3 is 5.97 Å². The van der Waals surface area contributed by atoms with Gasteiger partial charge in [0.05, 0.1) is 7.11 Å². The number of methoxy groups -OCH3 is 1. The minimum atomic E-state index is -0.848. The number of esters is 1. The van der Waals surface area contributed by atoms with Gasteiger partial charge in [0.25, 0.3) is 0 Å². The Kier molecular flexibility index (Phi) is 5.36. The van der Waals surface area contributed by atoms with Crippen LogP contribution in [0.25, 0.3) is 0 Å². The van der Waals surface area contributed by atoms with Gasteiger partial charge in [-0.1, -0.05) is 32.0 Å². The molecule has 0 saturated carbocycles. The number of carbonyl (C=O) groups excluding carboxylic acids is 1. The molecule has 0 bridgehead atoms. The van der Waals surface area contributed by atoms with Gasteiger partial charge in [0.15, 0.2) is 0 Å². The number of hydrogen-bond donors (Lipinski definition) is 1. The number of rotatable bonds is 6. The van der Waals surface area contributed by atoms with Crippen molar-refractivity contribution in [1.82, 2.24) is 5.32 Å². The van der Waals surface area contributed by atoms with E-state index >= 15 is 0 Å². The molecule has 1 rings (SSSR count). The van der Waals surface area contributed by atoms with Crippen LogP contribution in [0.2, 0.25) is 0 Å². The first-order valence-corrected chi connectivity index (χ1v) is 6.43. The second-order valence-electron chi connectivity index (χ2n) is 5.05. The summed E-state index contributed by atoms with van der Waals surface area (Å²) >= 11 is 0. The maximum atomic E-state index is 11.7. The van der Waals surface area contributed by atoms with E-state index in [-0.39, 0.29) is 12.6 Å². The quantitative estimate of drug-likeness (QED) is 0.802. The molecule has 0 saturated heterocycles. The van der Waals surface area contributed by atoms with Crippen LogP contribution in [-0.4, -0.2) is 32.3 Å². The molecule has 4 nitrogen and oxygen atoms in total. The van der Waals surface area contributed by atoms with E-state index in [2.05, 4.69) is 19.2 Å². The molecule has 1 aromatic rings. The first-order valence-electron chi connectivity index (χ1n) is 6.43. The lowest BCUT2D eigenvalue weighted by Crippen LogP contribution is -2.52. The molecule has 0 fully saturated rings. The number of nitrogens with one attached hydrogen (secondary N) is 1. The Morgan fingerprint density at radius 1 is 1.37 bits per heavy atom. The van der Waals surface area contributed by atoms with Crippen molar-refractivity contribution in [2.75, 3.05) is 20.8 Å². The van der Waals surface area contributed by atoms with Crippen LogP contribution in [0.5, 0.6) is 5.75 Å². The third-order valence-electron chi connectivity index (χ3n) is 3.25. The van der Waals surface area contributed by atoms with Gasteiger partial charge in [0, 0.05) is 0 Å². The summed E-state index contributed by atoms with van der Waals surface area (Å²) in [6, 6.07) is 7.87. The maximum Gasteiger partial charge on any atom is 0.329 e. The van der Waals surface area contributed by atoms with E-state index in [1.165, 1.54) is 7.11 Å². The fourth-order valence-electron chi connectivity index (χ4n) is 1.77. The lowest BCUT2D eigenvalue weighted by molar-refractivity contribution is -0.148. The molecule has 106 valence electrons. The smallest absolute Gasteiger partial charge is 0.329 e. The molecule has 1 unspecified atom stereocenters. The standard InChI is InChI=1S/C15H23NO3/c1-11(2)12-8-6-7-9-13(12)19-10-15(3,16-4)14(17)18-5/h6-9,11,16H,10H2,1-5H3. The van der Waals surface area contributed by atoms with Gasteiger partial charge in [-0.3, -0.25) is 0 Å². The second-order valence-corrected chi connectivity index (χ2v) is 5.05. The molecular weight excluding hydrogens is 242 g/mol. The molecule has 1 N–H and O–H groups in total. The van der Waals surface area contributed by atoms with Crippen LogP contribution in [0.3, 0.4) is 0 Å². The third-order valence-corrected chi connectivity index (χ3v) is 3.25. The van der Waals surface area contributed by atoms with Crippen molar-refractivity contribution < 1.29 is 14.3 Å². The van der Waals surface area contributed by atoms with Crippen molar-refractivity contribution in [3.63, 3.8) is 0 Å². The summed E-state index contributed by atoms with van der Waals surface area (Å²) in [7, 11) is 3.09.